The van der Waals surface area contributed by atoms with E-state index < -0.39 is 52.7 Å². The van der Waals surface area contributed by atoms with E-state index in [4.69, 9.17) is 4.74 Å². The van der Waals surface area contributed by atoms with E-state index in [-0.39, 0.29) is 6.54 Å². The summed E-state index contributed by atoms with van der Waals surface area (Å²) in [5.74, 6) is -12.3. The van der Waals surface area contributed by atoms with Gasteiger partial charge in [-0.25, -0.2) is 22.0 Å². The first-order valence-corrected chi connectivity index (χ1v) is 5.94. The Balaban J connectivity index is 2.32. The Morgan fingerprint density at radius 3 is 2.10 bits per heavy atom. The fraction of sp³-hybridized carbons (Fsp3) is 0.417. The Labute approximate surface area is 116 Å². The zero-order chi connectivity index (χ0) is 15.7. The van der Waals surface area contributed by atoms with Crippen LogP contribution >= 0.6 is 0 Å². The highest BCUT2D eigenvalue weighted by Gasteiger charge is 2.33. The number of rotatable bonds is 3. The molecule has 116 valence electrons. The molecule has 1 aromatic rings. The second-order valence-corrected chi connectivity index (χ2v) is 4.46. The molecule has 0 aliphatic carbocycles. The maximum absolute atomic E-state index is 13.5. The summed E-state index contributed by atoms with van der Waals surface area (Å²) >= 11 is 0. The van der Waals surface area contributed by atoms with Crippen LogP contribution in [-0.4, -0.2) is 38.3 Å². The Morgan fingerprint density at radius 1 is 1.05 bits per heavy atom. The summed E-state index contributed by atoms with van der Waals surface area (Å²) in [4.78, 5) is 11.8. The maximum atomic E-state index is 13.5. The van der Waals surface area contributed by atoms with Crippen molar-refractivity contribution in [3.63, 3.8) is 0 Å². The second-order valence-electron chi connectivity index (χ2n) is 4.46. The van der Waals surface area contributed by atoms with Crippen molar-refractivity contribution in [2.45, 2.75) is 12.1 Å². The largest absolute Gasteiger partial charge is 0.378 e. The molecule has 2 rings (SSSR count). The monoisotopic (exact) mass is 310 g/mol. The molecule has 1 aromatic carbocycles. The summed E-state index contributed by atoms with van der Waals surface area (Å²) in [7, 11) is 1.37. The zero-order valence-corrected chi connectivity index (χ0v) is 10.8. The summed E-state index contributed by atoms with van der Waals surface area (Å²) in [6.07, 6.45) is -0.463. The summed E-state index contributed by atoms with van der Waals surface area (Å²) in [5.41, 5.74) is -1.51. The third-order valence-electron chi connectivity index (χ3n) is 3.21. The average Bonchev–Trinajstić information content (AvgIpc) is 2.90. The first-order chi connectivity index (χ1) is 9.88. The van der Waals surface area contributed by atoms with Crippen LogP contribution in [0.1, 0.15) is 10.4 Å². The number of nitrogens with one attached hydrogen (secondary N) is 2. The predicted octanol–water partition coefficient (Wildman–Crippen LogP) is 1.10. The van der Waals surface area contributed by atoms with E-state index in [1.54, 1.807) is 0 Å². The Morgan fingerprint density at radius 2 is 1.57 bits per heavy atom. The lowest BCUT2D eigenvalue weighted by Crippen LogP contribution is -2.44. The highest BCUT2D eigenvalue weighted by Crippen LogP contribution is 2.23. The normalized spacial score (nSPS) is 21.6. The van der Waals surface area contributed by atoms with Gasteiger partial charge in [0.25, 0.3) is 5.91 Å². The van der Waals surface area contributed by atoms with Gasteiger partial charge in [-0.2, -0.15) is 0 Å². The molecule has 1 fully saturated rings. The minimum atomic E-state index is -2.31. The van der Waals surface area contributed by atoms with Crippen LogP contribution in [0.25, 0.3) is 0 Å². The van der Waals surface area contributed by atoms with Crippen LogP contribution in [0.2, 0.25) is 0 Å². The molecule has 21 heavy (non-hydrogen) atoms. The zero-order valence-electron chi connectivity index (χ0n) is 10.8. The first-order valence-electron chi connectivity index (χ1n) is 5.94. The van der Waals surface area contributed by atoms with E-state index in [0.717, 1.165) is 0 Å². The number of amides is 1. The predicted molar refractivity (Wildman–Crippen MR) is 61.2 cm³/mol. The van der Waals surface area contributed by atoms with E-state index in [1.165, 1.54) is 7.11 Å². The number of hydrogen-bond acceptors (Lipinski definition) is 3. The second kappa shape index (κ2) is 5.94. The van der Waals surface area contributed by atoms with Gasteiger partial charge in [0.15, 0.2) is 23.3 Å². The van der Waals surface area contributed by atoms with Crippen molar-refractivity contribution in [1.29, 1.82) is 0 Å². The molecule has 2 atom stereocenters. The number of carbonyl (C=O) groups is 1. The van der Waals surface area contributed by atoms with Gasteiger partial charge in [-0.3, -0.25) is 4.79 Å². The minimum absolute atomic E-state index is 0.250. The smallest absolute Gasteiger partial charge is 0.257 e. The van der Waals surface area contributed by atoms with Gasteiger partial charge in [-0.15, -0.1) is 0 Å². The van der Waals surface area contributed by atoms with Crippen molar-refractivity contribution in [1.82, 2.24) is 10.6 Å². The van der Waals surface area contributed by atoms with Gasteiger partial charge in [0.2, 0.25) is 5.82 Å². The SMILES string of the molecule is CO[C@H]1CNCC1NC(=O)c1c(F)c(F)c(F)c(F)c1F. The Bertz CT molecular complexity index is 552. The molecular formula is C12H11F5N2O2. The Kier molecular flexibility index (Phi) is 4.43. The molecule has 0 saturated carbocycles. The van der Waals surface area contributed by atoms with Crippen LogP contribution in [0.4, 0.5) is 22.0 Å². The summed E-state index contributed by atoms with van der Waals surface area (Å²) in [6.45, 7) is 0.637. The van der Waals surface area contributed by atoms with Gasteiger partial charge in [-0.05, 0) is 0 Å². The van der Waals surface area contributed by atoms with Crippen LogP contribution in [0.3, 0.4) is 0 Å². The lowest BCUT2D eigenvalue weighted by Gasteiger charge is -2.19. The molecule has 0 bridgehead atoms. The van der Waals surface area contributed by atoms with E-state index in [0.29, 0.717) is 6.54 Å². The quantitative estimate of drug-likeness (QED) is 0.499. The van der Waals surface area contributed by atoms with Crippen LogP contribution < -0.4 is 10.6 Å². The highest BCUT2D eigenvalue weighted by molar-refractivity contribution is 5.95. The van der Waals surface area contributed by atoms with Gasteiger partial charge in [0, 0.05) is 20.2 Å². The van der Waals surface area contributed by atoms with Crippen molar-refractivity contribution >= 4 is 5.91 Å². The van der Waals surface area contributed by atoms with Crippen molar-refractivity contribution in [3.8, 4) is 0 Å². The first kappa shape index (κ1) is 15.6. The van der Waals surface area contributed by atoms with Crippen LogP contribution in [0.5, 0.6) is 0 Å². The van der Waals surface area contributed by atoms with Gasteiger partial charge < -0.3 is 15.4 Å². The Hall–Kier alpha value is -1.74. The third kappa shape index (κ3) is 2.70. The van der Waals surface area contributed by atoms with Crippen molar-refractivity contribution in [3.05, 3.63) is 34.6 Å². The number of ether oxygens (including phenoxy) is 1. The van der Waals surface area contributed by atoms with Gasteiger partial charge in [0.1, 0.15) is 5.56 Å². The molecule has 4 nitrogen and oxygen atoms in total. The lowest BCUT2D eigenvalue weighted by atomic mass is 10.1. The van der Waals surface area contributed by atoms with Gasteiger partial charge in [-0.1, -0.05) is 0 Å². The number of halogens is 5. The van der Waals surface area contributed by atoms with E-state index in [1.807, 2.05) is 0 Å². The number of benzene rings is 1. The van der Waals surface area contributed by atoms with Crippen LogP contribution in [0.15, 0.2) is 0 Å². The number of hydrogen-bond donors (Lipinski definition) is 2. The van der Waals surface area contributed by atoms with Crippen molar-refractivity contribution in [2.75, 3.05) is 20.2 Å². The fourth-order valence-electron chi connectivity index (χ4n) is 2.09. The molecule has 9 heteroatoms. The molecule has 1 saturated heterocycles. The van der Waals surface area contributed by atoms with Crippen molar-refractivity contribution < 1.29 is 31.5 Å². The molecular weight excluding hydrogens is 299 g/mol. The molecule has 1 amide bonds. The number of carbonyl (C=O) groups excluding carboxylic acids is 1. The van der Waals surface area contributed by atoms with E-state index >= 15 is 0 Å². The summed E-state index contributed by atoms with van der Waals surface area (Å²) in [5, 5.41) is 5.05. The summed E-state index contributed by atoms with van der Waals surface area (Å²) in [6, 6.07) is -0.641. The van der Waals surface area contributed by atoms with E-state index in [9.17, 15) is 26.7 Å². The van der Waals surface area contributed by atoms with Gasteiger partial charge in [0.05, 0.1) is 12.1 Å². The maximum Gasteiger partial charge on any atom is 0.257 e. The molecule has 0 spiro atoms. The standard InChI is InChI=1S/C12H11F5N2O2/c1-21-5-3-18-2-4(5)19-12(20)6-7(13)9(15)11(17)10(16)8(6)14/h4-5,18H,2-3H2,1H3,(H,19,20)/t4?,5-/m0/s1. The lowest BCUT2D eigenvalue weighted by molar-refractivity contribution is 0.0771. The molecule has 0 radical (unpaired) electrons. The molecule has 1 heterocycles. The highest BCUT2D eigenvalue weighted by atomic mass is 19.2. The fourth-order valence-corrected chi connectivity index (χ4v) is 2.09. The number of methoxy groups -OCH3 is 1. The molecule has 2 N–H and O–H groups in total. The van der Waals surface area contributed by atoms with E-state index in [2.05, 4.69) is 10.6 Å². The third-order valence-corrected chi connectivity index (χ3v) is 3.21. The minimum Gasteiger partial charge on any atom is -0.378 e. The van der Waals surface area contributed by atoms with Crippen LogP contribution in [0, 0.1) is 29.1 Å². The molecule has 1 aliphatic heterocycles. The molecule has 1 unspecified atom stereocenters. The summed E-state index contributed by atoms with van der Waals surface area (Å²) < 4.78 is 70.9. The van der Waals surface area contributed by atoms with Gasteiger partial charge >= 0.3 is 0 Å². The van der Waals surface area contributed by atoms with Crippen LogP contribution in [-0.2, 0) is 4.74 Å². The average molecular weight is 310 g/mol. The topological polar surface area (TPSA) is 50.4 Å². The van der Waals surface area contributed by atoms with Crippen molar-refractivity contribution in [2.24, 2.45) is 0 Å². The molecule has 1 aliphatic rings. The molecule has 0 aromatic heterocycles.